The molecule has 0 N–H and O–H groups in total. The maximum atomic E-state index is 4.82. The molecule has 2 rings (SSSR count). The highest BCUT2D eigenvalue weighted by molar-refractivity contribution is 5.55. The summed E-state index contributed by atoms with van der Waals surface area (Å²) in [6.45, 7) is 16.1. The topological polar surface area (TPSA) is 49.6 Å². The number of piperazine rings is 1. The zero-order chi connectivity index (χ0) is 15.9. The molecular formula is C16H29N6. The van der Waals surface area contributed by atoms with Crippen LogP contribution in [0, 0.1) is 0 Å². The predicted octanol–water partition coefficient (Wildman–Crippen LogP) is 1.59. The second-order valence-corrected chi connectivity index (χ2v) is 5.39. The van der Waals surface area contributed by atoms with Gasteiger partial charge in [-0.15, -0.1) is 0 Å². The van der Waals surface area contributed by atoms with Gasteiger partial charge in [0.05, 0.1) is 0 Å². The van der Waals surface area contributed by atoms with E-state index < -0.39 is 0 Å². The lowest BCUT2D eigenvalue weighted by Gasteiger charge is -2.30. The maximum Gasteiger partial charge on any atom is 0.229 e. The summed E-state index contributed by atoms with van der Waals surface area (Å²) < 4.78 is 0. The smallest absolute Gasteiger partial charge is 0.229 e. The van der Waals surface area contributed by atoms with Crippen LogP contribution in [0.4, 0.5) is 17.6 Å². The summed E-state index contributed by atoms with van der Waals surface area (Å²) in [5.41, 5.74) is 0. The Morgan fingerprint density at radius 2 is 1.32 bits per heavy atom. The van der Waals surface area contributed by atoms with E-state index in [1.165, 1.54) is 0 Å². The Hall–Kier alpha value is -1.56. The summed E-state index contributed by atoms with van der Waals surface area (Å²) >= 11 is 0. The highest BCUT2D eigenvalue weighted by Gasteiger charge is 2.18. The van der Waals surface area contributed by atoms with Crippen LogP contribution in [0.15, 0.2) is 6.07 Å². The van der Waals surface area contributed by atoms with E-state index in [4.69, 9.17) is 9.97 Å². The van der Waals surface area contributed by atoms with Crippen molar-refractivity contribution in [2.45, 2.75) is 27.7 Å². The van der Waals surface area contributed by atoms with E-state index in [9.17, 15) is 0 Å². The lowest BCUT2D eigenvalue weighted by Crippen LogP contribution is -2.41. The van der Waals surface area contributed by atoms with Gasteiger partial charge in [0.2, 0.25) is 5.95 Å². The average molecular weight is 305 g/mol. The van der Waals surface area contributed by atoms with Crippen LogP contribution in [0.25, 0.3) is 0 Å². The molecule has 0 aromatic carbocycles. The summed E-state index contributed by atoms with van der Waals surface area (Å²) in [7, 11) is 0. The van der Waals surface area contributed by atoms with Crippen LogP contribution in [0.1, 0.15) is 27.7 Å². The minimum Gasteiger partial charge on any atom is -0.357 e. The van der Waals surface area contributed by atoms with Crippen LogP contribution in [-0.4, -0.2) is 62.3 Å². The second kappa shape index (κ2) is 8.17. The van der Waals surface area contributed by atoms with Crippen LogP contribution >= 0.6 is 0 Å². The number of anilines is 3. The van der Waals surface area contributed by atoms with Gasteiger partial charge in [-0.25, -0.2) is 5.32 Å². The van der Waals surface area contributed by atoms with Crippen LogP contribution in [-0.2, 0) is 0 Å². The molecule has 0 aliphatic carbocycles. The molecule has 22 heavy (non-hydrogen) atoms. The standard InChI is InChI=1S/C16H29N6/c1-5-20(6-2)14-13-15(21(7-3)8-4)19-16(18-14)22-11-9-17-10-12-22/h13H,5-12H2,1-4H3. The Morgan fingerprint density at radius 1 is 0.864 bits per heavy atom. The highest BCUT2D eigenvalue weighted by Crippen LogP contribution is 2.23. The first-order valence-corrected chi connectivity index (χ1v) is 8.50. The van der Waals surface area contributed by atoms with Crippen molar-refractivity contribution in [3.63, 3.8) is 0 Å². The van der Waals surface area contributed by atoms with Gasteiger partial charge in [-0.05, 0) is 27.7 Å². The first-order valence-electron chi connectivity index (χ1n) is 8.50. The monoisotopic (exact) mass is 305 g/mol. The first kappa shape index (κ1) is 16.8. The summed E-state index contributed by atoms with van der Waals surface area (Å²) in [6.07, 6.45) is 0. The van der Waals surface area contributed by atoms with Gasteiger partial charge in [0.1, 0.15) is 11.6 Å². The number of hydrogen-bond acceptors (Lipinski definition) is 5. The SMILES string of the molecule is CCN(CC)c1cc(N(CC)CC)nc(N2CC[N]CC2)n1. The van der Waals surface area contributed by atoms with Crippen LogP contribution in [0.3, 0.4) is 0 Å². The summed E-state index contributed by atoms with van der Waals surface area (Å²) in [4.78, 5) is 16.5. The normalized spacial score (nSPS) is 15.0. The molecule has 1 radical (unpaired) electrons. The number of aromatic nitrogens is 2. The van der Waals surface area contributed by atoms with Crippen molar-refractivity contribution in [3.8, 4) is 0 Å². The Morgan fingerprint density at radius 3 is 1.73 bits per heavy atom. The van der Waals surface area contributed by atoms with Gasteiger partial charge in [0.25, 0.3) is 0 Å². The van der Waals surface area contributed by atoms with Crippen molar-refractivity contribution in [2.24, 2.45) is 0 Å². The second-order valence-electron chi connectivity index (χ2n) is 5.39. The maximum absolute atomic E-state index is 4.82. The fourth-order valence-electron chi connectivity index (χ4n) is 2.78. The third-order valence-corrected chi connectivity index (χ3v) is 4.20. The minimum absolute atomic E-state index is 0.848. The lowest BCUT2D eigenvalue weighted by atomic mass is 10.3. The zero-order valence-electron chi connectivity index (χ0n) is 14.4. The summed E-state index contributed by atoms with van der Waals surface area (Å²) in [6, 6.07) is 2.12. The fraction of sp³-hybridized carbons (Fsp3) is 0.750. The van der Waals surface area contributed by atoms with Gasteiger partial charge >= 0.3 is 0 Å². The Balaban J connectivity index is 2.38. The van der Waals surface area contributed by atoms with Crippen molar-refractivity contribution in [3.05, 3.63) is 6.07 Å². The van der Waals surface area contributed by atoms with Crippen molar-refractivity contribution in [1.29, 1.82) is 0 Å². The molecule has 0 spiro atoms. The Bertz CT molecular complexity index is 420. The Labute approximate surface area is 134 Å². The molecule has 6 nitrogen and oxygen atoms in total. The molecular weight excluding hydrogens is 276 g/mol. The molecule has 0 saturated carbocycles. The van der Waals surface area contributed by atoms with Gasteiger partial charge in [-0.3, -0.25) is 0 Å². The van der Waals surface area contributed by atoms with Crippen LogP contribution in [0.5, 0.6) is 0 Å². The molecule has 1 aromatic rings. The molecule has 0 amide bonds. The molecule has 1 saturated heterocycles. The molecule has 6 heteroatoms. The predicted molar refractivity (Wildman–Crippen MR) is 93.2 cm³/mol. The van der Waals surface area contributed by atoms with Gasteiger partial charge in [-0.2, -0.15) is 9.97 Å². The number of rotatable bonds is 7. The van der Waals surface area contributed by atoms with E-state index in [1.807, 2.05) is 0 Å². The van der Waals surface area contributed by atoms with Gasteiger partial charge in [-0.1, -0.05) is 0 Å². The summed E-state index contributed by atoms with van der Waals surface area (Å²) in [5.74, 6) is 2.90. The Kier molecular flexibility index (Phi) is 6.24. The minimum atomic E-state index is 0.848. The van der Waals surface area contributed by atoms with E-state index in [1.54, 1.807) is 0 Å². The van der Waals surface area contributed by atoms with Crippen LogP contribution in [0.2, 0.25) is 0 Å². The fourth-order valence-corrected chi connectivity index (χ4v) is 2.78. The molecule has 1 aromatic heterocycles. The van der Waals surface area contributed by atoms with Gasteiger partial charge in [0, 0.05) is 58.4 Å². The average Bonchev–Trinajstić information content (AvgIpc) is 2.58. The zero-order valence-corrected chi connectivity index (χ0v) is 14.4. The largest absolute Gasteiger partial charge is 0.357 e. The van der Waals surface area contributed by atoms with E-state index in [-0.39, 0.29) is 0 Å². The number of hydrogen-bond donors (Lipinski definition) is 0. The molecule has 0 atom stereocenters. The third kappa shape index (κ3) is 3.80. The molecule has 0 bridgehead atoms. The van der Waals surface area contributed by atoms with E-state index in [0.29, 0.717) is 0 Å². The molecule has 1 aliphatic rings. The molecule has 2 heterocycles. The van der Waals surface area contributed by atoms with Crippen molar-refractivity contribution < 1.29 is 0 Å². The van der Waals surface area contributed by atoms with Gasteiger partial charge in [0.15, 0.2) is 0 Å². The van der Waals surface area contributed by atoms with Gasteiger partial charge < -0.3 is 14.7 Å². The van der Waals surface area contributed by atoms with Crippen molar-refractivity contribution in [2.75, 3.05) is 67.1 Å². The van der Waals surface area contributed by atoms with E-state index >= 15 is 0 Å². The van der Waals surface area contributed by atoms with Crippen molar-refractivity contribution >= 4 is 17.6 Å². The molecule has 123 valence electrons. The number of nitrogens with zero attached hydrogens (tertiary/aromatic N) is 6. The van der Waals surface area contributed by atoms with Crippen LogP contribution < -0.4 is 20.0 Å². The van der Waals surface area contributed by atoms with E-state index in [2.05, 4.69) is 53.8 Å². The highest BCUT2D eigenvalue weighted by atomic mass is 15.3. The molecule has 1 aliphatic heterocycles. The first-order chi connectivity index (χ1) is 10.7. The third-order valence-electron chi connectivity index (χ3n) is 4.20. The molecule has 0 unspecified atom stereocenters. The van der Waals surface area contributed by atoms with Crippen molar-refractivity contribution in [1.82, 2.24) is 15.3 Å². The summed E-state index contributed by atoms with van der Waals surface area (Å²) in [5, 5.41) is 4.41. The quantitative estimate of drug-likeness (QED) is 0.766. The molecule has 1 fully saturated rings. The lowest BCUT2D eigenvalue weighted by molar-refractivity contribution is 0.569. The van der Waals surface area contributed by atoms with E-state index in [0.717, 1.165) is 69.9 Å².